The van der Waals surface area contributed by atoms with Crippen LogP contribution in [0.15, 0.2) is 33.5 Å². The number of hydrogen-bond acceptors (Lipinski definition) is 2. The fourth-order valence-corrected chi connectivity index (χ4v) is 2.05. The van der Waals surface area contributed by atoms with Crippen LogP contribution in [0.2, 0.25) is 0 Å². The van der Waals surface area contributed by atoms with E-state index in [1.165, 1.54) is 0 Å². The number of benzene rings is 1. The highest BCUT2D eigenvalue weighted by atomic mass is 79.9. The number of rotatable bonds is 2. The maximum atomic E-state index is 5.63. The molecule has 3 nitrogen and oxygen atoms in total. The number of nitrogens with two attached hydrogens (primary N) is 1. The molecule has 0 radical (unpaired) electrons. The van der Waals surface area contributed by atoms with E-state index in [-0.39, 0.29) is 0 Å². The molecule has 1 aromatic heterocycles. The van der Waals surface area contributed by atoms with Crippen molar-refractivity contribution in [3.8, 4) is 11.3 Å². The lowest BCUT2D eigenvalue weighted by Gasteiger charge is -2.00. The van der Waals surface area contributed by atoms with E-state index in [1.54, 1.807) is 0 Å². The van der Waals surface area contributed by atoms with Crippen LogP contribution < -0.4 is 5.73 Å². The average Bonchev–Trinajstić information content (AvgIpc) is 2.61. The molecule has 5 heteroatoms. The summed E-state index contributed by atoms with van der Waals surface area (Å²) in [5.74, 6) is 0. The van der Waals surface area contributed by atoms with Crippen molar-refractivity contribution >= 4 is 31.9 Å². The van der Waals surface area contributed by atoms with Crippen molar-refractivity contribution in [2.45, 2.75) is 6.54 Å². The van der Waals surface area contributed by atoms with Crippen molar-refractivity contribution < 1.29 is 0 Å². The van der Waals surface area contributed by atoms with Crippen molar-refractivity contribution in [1.29, 1.82) is 0 Å². The molecular formula is C10H9Br2N3. The highest BCUT2D eigenvalue weighted by Gasteiger charge is 2.09. The van der Waals surface area contributed by atoms with Gasteiger partial charge in [0.05, 0.1) is 11.4 Å². The maximum Gasteiger partial charge on any atom is 0.175 e. The summed E-state index contributed by atoms with van der Waals surface area (Å²) >= 11 is 6.70. The first-order valence-corrected chi connectivity index (χ1v) is 5.99. The molecule has 1 heterocycles. The monoisotopic (exact) mass is 329 g/mol. The third kappa shape index (κ3) is 2.30. The highest BCUT2D eigenvalue weighted by molar-refractivity contribution is 9.10. The number of nitrogens with one attached hydrogen (secondary N) is 1. The highest BCUT2D eigenvalue weighted by Crippen LogP contribution is 2.24. The summed E-state index contributed by atoms with van der Waals surface area (Å²) in [4.78, 5) is 7.42. The second-order valence-corrected chi connectivity index (χ2v) is 4.73. The number of H-pyrrole nitrogens is 1. The first kappa shape index (κ1) is 10.9. The Kier molecular flexibility index (Phi) is 3.23. The van der Waals surface area contributed by atoms with Crippen LogP contribution in [0, 0.1) is 0 Å². The molecule has 0 bridgehead atoms. The Morgan fingerprint density at radius 3 is 2.47 bits per heavy atom. The van der Waals surface area contributed by atoms with Crippen molar-refractivity contribution in [3.05, 3.63) is 39.2 Å². The molecule has 78 valence electrons. The average molecular weight is 331 g/mol. The first-order chi connectivity index (χ1) is 7.20. The third-order valence-corrected chi connectivity index (χ3v) is 2.98. The molecule has 0 amide bonds. The lowest BCUT2D eigenvalue weighted by Crippen LogP contribution is -1.98. The Balaban J connectivity index is 2.48. The Hall–Kier alpha value is -0.650. The number of nitrogens with zero attached hydrogens (tertiary/aromatic N) is 1. The van der Waals surface area contributed by atoms with Crippen LogP contribution in [-0.4, -0.2) is 9.97 Å². The smallest absolute Gasteiger partial charge is 0.175 e. The fraction of sp³-hybridized carbons (Fsp3) is 0.100. The Morgan fingerprint density at radius 2 is 1.87 bits per heavy atom. The van der Waals surface area contributed by atoms with Gasteiger partial charge in [-0.3, -0.25) is 0 Å². The molecule has 15 heavy (non-hydrogen) atoms. The summed E-state index contributed by atoms with van der Waals surface area (Å²) in [6.45, 7) is 0.448. The van der Waals surface area contributed by atoms with Gasteiger partial charge in [-0.05, 0) is 28.1 Å². The predicted molar refractivity (Wildman–Crippen MR) is 67.3 cm³/mol. The minimum Gasteiger partial charge on any atom is -0.335 e. The summed E-state index contributed by atoms with van der Waals surface area (Å²) in [5.41, 5.74) is 8.52. The fourth-order valence-electron chi connectivity index (χ4n) is 1.37. The van der Waals surface area contributed by atoms with Crippen LogP contribution in [-0.2, 0) is 6.54 Å². The van der Waals surface area contributed by atoms with E-state index in [9.17, 15) is 0 Å². The molecule has 0 unspecified atom stereocenters. The second kappa shape index (κ2) is 4.47. The van der Waals surface area contributed by atoms with E-state index in [2.05, 4.69) is 41.8 Å². The third-order valence-electron chi connectivity index (χ3n) is 2.07. The predicted octanol–water partition coefficient (Wildman–Crippen LogP) is 3.06. The summed E-state index contributed by atoms with van der Waals surface area (Å²) in [7, 11) is 0. The summed E-state index contributed by atoms with van der Waals surface area (Å²) in [5, 5.41) is 0. The normalized spacial score (nSPS) is 10.6. The van der Waals surface area contributed by atoms with E-state index < -0.39 is 0 Å². The first-order valence-electron chi connectivity index (χ1n) is 4.41. The van der Waals surface area contributed by atoms with Crippen LogP contribution >= 0.6 is 31.9 Å². The second-order valence-electron chi connectivity index (χ2n) is 3.07. The molecule has 2 aromatic rings. The van der Waals surface area contributed by atoms with Crippen molar-refractivity contribution in [2.75, 3.05) is 0 Å². The number of aromatic amines is 1. The van der Waals surface area contributed by atoms with Crippen LogP contribution in [0.1, 0.15) is 5.69 Å². The Morgan fingerprint density at radius 1 is 1.20 bits per heavy atom. The van der Waals surface area contributed by atoms with Crippen molar-refractivity contribution in [2.24, 2.45) is 5.73 Å². The molecule has 0 saturated carbocycles. The lowest BCUT2D eigenvalue weighted by molar-refractivity contribution is 1.01. The van der Waals surface area contributed by atoms with Crippen molar-refractivity contribution in [1.82, 2.24) is 9.97 Å². The van der Waals surface area contributed by atoms with Gasteiger partial charge < -0.3 is 10.7 Å². The molecule has 0 atom stereocenters. The summed E-state index contributed by atoms with van der Waals surface area (Å²) < 4.78 is 1.76. The standard InChI is InChI=1S/C10H9Br2N3/c11-7-3-1-6(2-4-7)9-8(5-13)14-10(12)15-9/h1-4H,5,13H2,(H,14,15). The van der Waals surface area contributed by atoms with Gasteiger partial charge in [0.15, 0.2) is 4.73 Å². The number of halogens is 2. The number of hydrogen-bond donors (Lipinski definition) is 2. The molecule has 0 saturated heterocycles. The van der Waals surface area contributed by atoms with Gasteiger partial charge in [-0.15, -0.1) is 0 Å². The molecule has 0 aliphatic rings. The molecule has 0 fully saturated rings. The van der Waals surface area contributed by atoms with Crippen LogP contribution in [0.3, 0.4) is 0 Å². The van der Waals surface area contributed by atoms with E-state index in [0.717, 1.165) is 21.4 Å². The van der Waals surface area contributed by atoms with Gasteiger partial charge in [0.2, 0.25) is 0 Å². The van der Waals surface area contributed by atoms with Gasteiger partial charge in [-0.2, -0.15) is 0 Å². The van der Waals surface area contributed by atoms with E-state index in [4.69, 9.17) is 5.73 Å². The lowest BCUT2D eigenvalue weighted by atomic mass is 10.1. The zero-order chi connectivity index (χ0) is 10.8. The number of aromatic nitrogens is 2. The summed E-state index contributed by atoms with van der Waals surface area (Å²) in [6, 6.07) is 7.98. The Bertz CT molecular complexity index is 462. The SMILES string of the molecule is NCc1[nH]c(Br)nc1-c1ccc(Br)cc1. The van der Waals surface area contributed by atoms with Crippen LogP contribution in [0.5, 0.6) is 0 Å². The quantitative estimate of drug-likeness (QED) is 0.889. The maximum absolute atomic E-state index is 5.63. The van der Waals surface area contributed by atoms with Gasteiger partial charge in [0.25, 0.3) is 0 Å². The minimum absolute atomic E-state index is 0.448. The van der Waals surface area contributed by atoms with Gasteiger partial charge >= 0.3 is 0 Å². The van der Waals surface area contributed by atoms with E-state index in [0.29, 0.717) is 11.3 Å². The van der Waals surface area contributed by atoms with Crippen LogP contribution in [0.25, 0.3) is 11.3 Å². The van der Waals surface area contributed by atoms with E-state index in [1.807, 2.05) is 24.3 Å². The number of imidazole rings is 1. The molecule has 0 aliphatic heterocycles. The summed E-state index contributed by atoms with van der Waals surface area (Å²) in [6.07, 6.45) is 0. The zero-order valence-electron chi connectivity index (χ0n) is 7.80. The molecule has 0 aliphatic carbocycles. The van der Waals surface area contributed by atoms with Gasteiger partial charge in [-0.1, -0.05) is 28.1 Å². The van der Waals surface area contributed by atoms with Crippen LogP contribution in [0.4, 0.5) is 0 Å². The molecule has 0 spiro atoms. The van der Waals surface area contributed by atoms with Gasteiger partial charge in [-0.25, -0.2) is 4.98 Å². The van der Waals surface area contributed by atoms with Crippen molar-refractivity contribution in [3.63, 3.8) is 0 Å². The minimum atomic E-state index is 0.448. The molecule has 1 aromatic carbocycles. The topological polar surface area (TPSA) is 54.7 Å². The van der Waals surface area contributed by atoms with Gasteiger partial charge in [0.1, 0.15) is 0 Å². The largest absolute Gasteiger partial charge is 0.335 e. The van der Waals surface area contributed by atoms with E-state index >= 15 is 0 Å². The Labute approximate surface area is 104 Å². The molecule has 3 N–H and O–H groups in total. The zero-order valence-corrected chi connectivity index (χ0v) is 11.0. The molecular weight excluding hydrogens is 322 g/mol. The van der Waals surface area contributed by atoms with Gasteiger partial charge in [0, 0.05) is 16.6 Å². The molecule has 2 rings (SSSR count).